The predicted octanol–water partition coefficient (Wildman–Crippen LogP) is 3.11. The molecular weight excluding hydrogens is 186 g/mol. The lowest BCUT2D eigenvalue weighted by atomic mass is 10.1. The van der Waals surface area contributed by atoms with Crippen LogP contribution in [0.5, 0.6) is 0 Å². The monoisotopic (exact) mass is 199 g/mol. The SMILES string of the molecule is CC(=O)Nc1cc(C)cc2ccccc12. The fourth-order valence-electron chi connectivity index (χ4n) is 1.75. The Balaban J connectivity index is 2.65. The van der Waals surface area contributed by atoms with E-state index in [0.29, 0.717) is 0 Å². The highest BCUT2D eigenvalue weighted by molar-refractivity contribution is 6.01. The Morgan fingerprint density at radius 1 is 1.20 bits per heavy atom. The molecule has 0 aliphatic carbocycles. The molecule has 2 aromatic carbocycles. The summed E-state index contributed by atoms with van der Waals surface area (Å²) in [7, 11) is 0. The first kappa shape index (κ1) is 9.71. The normalized spacial score (nSPS) is 10.3. The van der Waals surface area contributed by atoms with E-state index in [-0.39, 0.29) is 5.91 Å². The molecule has 0 unspecified atom stereocenters. The van der Waals surface area contributed by atoms with Gasteiger partial charge in [0, 0.05) is 18.0 Å². The largest absolute Gasteiger partial charge is 0.326 e. The Labute approximate surface area is 88.9 Å². The average molecular weight is 199 g/mol. The van der Waals surface area contributed by atoms with Crippen molar-refractivity contribution in [1.82, 2.24) is 0 Å². The molecule has 1 amide bonds. The number of carbonyl (C=O) groups excluding carboxylic acids is 1. The second-order valence-electron chi connectivity index (χ2n) is 3.71. The van der Waals surface area contributed by atoms with Crippen molar-refractivity contribution in [2.24, 2.45) is 0 Å². The first-order valence-corrected chi connectivity index (χ1v) is 4.94. The van der Waals surface area contributed by atoms with Crippen molar-refractivity contribution in [3.05, 3.63) is 42.0 Å². The summed E-state index contributed by atoms with van der Waals surface area (Å²) in [6.45, 7) is 3.55. The summed E-state index contributed by atoms with van der Waals surface area (Å²) in [5.41, 5.74) is 2.04. The molecule has 0 fully saturated rings. The van der Waals surface area contributed by atoms with Crippen molar-refractivity contribution in [1.29, 1.82) is 0 Å². The Kier molecular flexibility index (Phi) is 2.42. The van der Waals surface area contributed by atoms with Crippen molar-refractivity contribution in [3.8, 4) is 0 Å². The van der Waals surface area contributed by atoms with Gasteiger partial charge in [0.05, 0.1) is 0 Å². The molecule has 0 atom stereocenters. The number of hydrogen-bond acceptors (Lipinski definition) is 1. The highest BCUT2D eigenvalue weighted by atomic mass is 16.1. The minimum absolute atomic E-state index is 0.0363. The number of hydrogen-bond donors (Lipinski definition) is 1. The van der Waals surface area contributed by atoms with E-state index in [2.05, 4.69) is 11.4 Å². The summed E-state index contributed by atoms with van der Waals surface area (Å²) in [5.74, 6) is -0.0363. The fraction of sp³-hybridized carbons (Fsp3) is 0.154. The van der Waals surface area contributed by atoms with Crippen LogP contribution in [0.15, 0.2) is 36.4 Å². The maximum absolute atomic E-state index is 11.1. The van der Waals surface area contributed by atoms with Gasteiger partial charge in [-0.15, -0.1) is 0 Å². The van der Waals surface area contributed by atoms with E-state index < -0.39 is 0 Å². The van der Waals surface area contributed by atoms with E-state index in [1.165, 1.54) is 6.92 Å². The molecule has 0 spiro atoms. The molecule has 2 aromatic rings. The van der Waals surface area contributed by atoms with Crippen molar-refractivity contribution in [2.75, 3.05) is 5.32 Å². The molecule has 2 heteroatoms. The van der Waals surface area contributed by atoms with Crippen molar-refractivity contribution >= 4 is 22.4 Å². The smallest absolute Gasteiger partial charge is 0.221 e. The van der Waals surface area contributed by atoms with Gasteiger partial charge in [0.2, 0.25) is 5.91 Å². The van der Waals surface area contributed by atoms with E-state index in [0.717, 1.165) is 22.0 Å². The zero-order valence-corrected chi connectivity index (χ0v) is 8.87. The Bertz CT molecular complexity index is 517. The molecule has 15 heavy (non-hydrogen) atoms. The molecule has 0 saturated heterocycles. The number of amides is 1. The molecule has 0 aromatic heterocycles. The number of anilines is 1. The summed E-state index contributed by atoms with van der Waals surface area (Å²) in [6, 6.07) is 12.1. The summed E-state index contributed by atoms with van der Waals surface area (Å²) in [6.07, 6.45) is 0. The van der Waals surface area contributed by atoms with Gasteiger partial charge in [-0.1, -0.05) is 30.3 Å². The maximum atomic E-state index is 11.1. The van der Waals surface area contributed by atoms with Gasteiger partial charge in [-0.05, 0) is 23.9 Å². The number of carbonyl (C=O) groups is 1. The maximum Gasteiger partial charge on any atom is 0.221 e. The molecule has 0 saturated carbocycles. The van der Waals surface area contributed by atoms with Gasteiger partial charge in [0.15, 0.2) is 0 Å². The zero-order valence-electron chi connectivity index (χ0n) is 8.87. The second-order valence-corrected chi connectivity index (χ2v) is 3.71. The van der Waals surface area contributed by atoms with Crippen LogP contribution in [0, 0.1) is 6.92 Å². The molecule has 0 radical (unpaired) electrons. The van der Waals surface area contributed by atoms with Crippen LogP contribution in [-0.2, 0) is 4.79 Å². The molecule has 0 heterocycles. The number of benzene rings is 2. The molecule has 2 nitrogen and oxygen atoms in total. The van der Waals surface area contributed by atoms with Crippen LogP contribution < -0.4 is 5.32 Å². The third-order valence-corrected chi connectivity index (χ3v) is 2.32. The lowest BCUT2D eigenvalue weighted by Gasteiger charge is -2.08. The Morgan fingerprint density at radius 2 is 1.93 bits per heavy atom. The second kappa shape index (κ2) is 3.73. The van der Waals surface area contributed by atoms with Gasteiger partial charge >= 0.3 is 0 Å². The van der Waals surface area contributed by atoms with Crippen LogP contribution in [0.4, 0.5) is 5.69 Å². The van der Waals surface area contributed by atoms with Crippen LogP contribution in [0.2, 0.25) is 0 Å². The van der Waals surface area contributed by atoms with Crippen LogP contribution in [0.1, 0.15) is 12.5 Å². The third-order valence-electron chi connectivity index (χ3n) is 2.32. The lowest BCUT2D eigenvalue weighted by Crippen LogP contribution is -2.06. The van der Waals surface area contributed by atoms with Crippen LogP contribution in [0.3, 0.4) is 0 Å². The molecule has 0 bridgehead atoms. The van der Waals surface area contributed by atoms with Gasteiger partial charge in [-0.3, -0.25) is 4.79 Å². The van der Waals surface area contributed by atoms with Gasteiger partial charge in [-0.2, -0.15) is 0 Å². The first-order valence-electron chi connectivity index (χ1n) is 4.94. The van der Waals surface area contributed by atoms with E-state index in [9.17, 15) is 4.79 Å². The van der Waals surface area contributed by atoms with Gasteiger partial charge in [0.25, 0.3) is 0 Å². The highest BCUT2D eigenvalue weighted by Crippen LogP contribution is 2.25. The minimum Gasteiger partial charge on any atom is -0.326 e. The van der Waals surface area contributed by atoms with Crippen molar-refractivity contribution in [3.63, 3.8) is 0 Å². The van der Waals surface area contributed by atoms with Crippen LogP contribution >= 0.6 is 0 Å². The number of aryl methyl sites for hydroxylation is 1. The summed E-state index contributed by atoms with van der Waals surface area (Å²) in [5, 5.41) is 5.09. The zero-order chi connectivity index (χ0) is 10.8. The molecule has 0 aliphatic heterocycles. The van der Waals surface area contributed by atoms with Crippen molar-refractivity contribution < 1.29 is 4.79 Å². The van der Waals surface area contributed by atoms with E-state index in [1.807, 2.05) is 37.3 Å². The summed E-state index contributed by atoms with van der Waals surface area (Å²) >= 11 is 0. The highest BCUT2D eigenvalue weighted by Gasteiger charge is 2.02. The number of fused-ring (bicyclic) bond motifs is 1. The molecule has 1 N–H and O–H groups in total. The number of nitrogens with one attached hydrogen (secondary N) is 1. The van der Waals surface area contributed by atoms with E-state index in [4.69, 9.17) is 0 Å². The Hall–Kier alpha value is -1.83. The molecule has 2 rings (SSSR count). The van der Waals surface area contributed by atoms with Gasteiger partial charge < -0.3 is 5.32 Å². The topological polar surface area (TPSA) is 29.1 Å². The fourth-order valence-corrected chi connectivity index (χ4v) is 1.75. The third kappa shape index (κ3) is 1.99. The molecule has 76 valence electrons. The standard InChI is InChI=1S/C13H13NO/c1-9-7-11-5-3-4-6-12(11)13(8-9)14-10(2)15/h3-8H,1-2H3,(H,14,15). The average Bonchev–Trinajstić information content (AvgIpc) is 2.16. The van der Waals surface area contributed by atoms with Crippen LogP contribution in [0.25, 0.3) is 10.8 Å². The van der Waals surface area contributed by atoms with E-state index in [1.54, 1.807) is 0 Å². The van der Waals surface area contributed by atoms with E-state index >= 15 is 0 Å². The quantitative estimate of drug-likeness (QED) is 0.751. The van der Waals surface area contributed by atoms with Crippen molar-refractivity contribution in [2.45, 2.75) is 13.8 Å². The van der Waals surface area contributed by atoms with Gasteiger partial charge in [-0.25, -0.2) is 0 Å². The molecule has 0 aliphatic rings. The summed E-state index contributed by atoms with van der Waals surface area (Å²) < 4.78 is 0. The lowest BCUT2D eigenvalue weighted by molar-refractivity contribution is -0.114. The minimum atomic E-state index is -0.0363. The van der Waals surface area contributed by atoms with Crippen LogP contribution in [-0.4, -0.2) is 5.91 Å². The number of rotatable bonds is 1. The first-order chi connectivity index (χ1) is 7.16. The Morgan fingerprint density at radius 3 is 2.67 bits per heavy atom. The molecular formula is C13H13NO. The van der Waals surface area contributed by atoms with Gasteiger partial charge in [0.1, 0.15) is 0 Å². The predicted molar refractivity (Wildman–Crippen MR) is 63.0 cm³/mol. The summed E-state index contributed by atoms with van der Waals surface area (Å²) in [4.78, 5) is 11.1.